The van der Waals surface area contributed by atoms with Crippen LogP contribution >= 0.6 is 0 Å². The molecule has 0 fully saturated rings. The number of rotatable bonds is 3. The highest BCUT2D eigenvalue weighted by Gasteiger charge is 2.02. The number of nitrogens with two attached hydrogens (primary N) is 1. The summed E-state index contributed by atoms with van der Waals surface area (Å²) in [6.07, 6.45) is 5.24. The van der Waals surface area contributed by atoms with Crippen molar-refractivity contribution < 1.29 is 4.79 Å². The largest absolute Gasteiger partial charge is 0.366 e. The number of hydrogen-bond donors (Lipinski definition) is 1. The summed E-state index contributed by atoms with van der Waals surface area (Å²) >= 11 is 0. The van der Waals surface area contributed by atoms with Crippen LogP contribution in [0.4, 0.5) is 0 Å². The molecule has 0 aliphatic carbocycles. The lowest BCUT2D eigenvalue weighted by molar-refractivity contribution is -0.114. The van der Waals surface area contributed by atoms with Crippen LogP contribution in [-0.2, 0) is 4.79 Å². The minimum atomic E-state index is -0.435. The molecule has 0 rings (SSSR count). The molecule has 0 aromatic heterocycles. The molecule has 2 heteroatoms. The average Bonchev–Trinajstić information content (AvgIpc) is 1.87. The SMILES string of the molecule is C=C(C)/C(=C\C=C/C)C(N)=O. The number of hydrogen-bond acceptors (Lipinski definition) is 1. The summed E-state index contributed by atoms with van der Waals surface area (Å²) in [6, 6.07) is 0. The molecule has 0 saturated heterocycles. The van der Waals surface area contributed by atoms with Crippen molar-refractivity contribution in [3.05, 3.63) is 36.0 Å². The van der Waals surface area contributed by atoms with Gasteiger partial charge >= 0.3 is 0 Å². The van der Waals surface area contributed by atoms with Crippen LogP contribution in [-0.4, -0.2) is 5.91 Å². The minimum absolute atomic E-state index is 0.435. The maximum Gasteiger partial charge on any atom is 0.248 e. The van der Waals surface area contributed by atoms with Crippen molar-refractivity contribution in [2.45, 2.75) is 13.8 Å². The lowest BCUT2D eigenvalue weighted by Crippen LogP contribution is -2.14. The monoisotopic (exact) mass is 151 g/mol. The van der Waals surface area contributed by atoms with Crippen molar-refractivity contribution in [2.75, 3.05) is 0 Å². The minimum Gasteiger partial charge on any atom is -0.366 e. The zero-order valence-corrected chi connectivity index (χ0v) is 6.92. The van der Waals surface area contributed by atoms with E-state index in [1.165, 1.54) is 0 Å². The van der Waals surface area contributed by atoms with Gasteiger partial charge in [-0.25, -0.2) is 0 Å². The van der Waals surface area contributed by atoms with Gasteiger partial charge in [0, 0.05) is 5.57 Å². The first-order valence-electron chi connectivity index (χ1n) is 3.38. The first-order chi connectivity index (χ1) is 5.09. The standard InChI is InChI=1S/C9H13NO/c1-4-5-6-8(7(2)3)9(10)11/h4-6H,2H2,1,3H3,(H2,10,11)/b5-4-,8-6+. The third-order valence-corrected chi connectivity index (χ3v) is 1.18. The van der Waals surface area contributed by atoms with Gasteiger partial charge in [0.15, 0.2) is 0 Å². The lowest BCUT2D eigenvalue weighted by Gasteiger charge is -1.98. The molecule has 0 aliphatic rings. The fraction of sp³-hybridized carbons (Fsp3) is 0.222. The Morgan fingerprint density at radius 3 is 2.36 bits per heavy atom. The van der Waals surface area contributed by atoms with E-state index in [4.69, 9.17) is 5.73 Å². The van der Waals surface area contributed by atoms with Gasteiger partial charge in [-0.2, -0.15) is 0 Å². The van der Waals surface area contributed by atoms with Gasteiger partial charge in [0.1, 0.15) is 0 Å². The maximum atomic E-state index is 10.7. The topological polar surface area (TPSA) is 43.1 Å². The van der Waals surface area contributed by atoms with E-state index in [0.29, 0.717) is 11.1 Å². The Morgan fingerprint density at radius 2 is 2.09 bits per heavy atom. The highest BCUT2D eigenvalue weighted by molar-refractivity contribution is 5.96. The van der Waals surface area contributed by atoms with Gasteiger partial charge in [-0.15, -0.1) is 0 Å². The Labute approximate surface area is 67.1 Å². The van der Waals surface area contributed by atoms with E-state index >= 15 is 0 Å². The molecule has 0 radical (unpaired) electrons. The molecule has 60 valence electrons. The van der Waals surface area contributed by atoms with Crippen LogP contribution in [0.2, 0.25) is 0 Å². The summed E-state index contributed by atoms with van der Waals surface area (Å²) in [5, 5.41) is 0. The zero-order chi connectivity index (χ0) is 8.85. The number of carbonyl (C=O) groups excluding carboxylic acids is 1. The number of allylic oxidation sites excluding steroid dienone is 3. The second kappa shape index (κ2) is 4.50. The third kappa shape index (κ3) is 3.40. The summed E-state index contributed by atoms with van der Waals surface area (Å²) in [5.74, 6) is -0.435. The second-order valence-corrected chi connectivity index (χ2v) is 2.25. The van der Waals surface area contributed by atoms with E-state index in [9.17, 15) is 4.79 Å². The van der Waals surface area contributed by atoms with Gasteiger partial charge in [0.05, 0.1) is 0 Å². The smallest absolute Gasteiger partial charge is 0.248 e. The van der Waals surface area contributed by atoms with Crippen LogP contribution < -0.4 is 5.73 Å². The number of carbonyl (C=O) groups is 1. The first kappa shape index (κ1) is 9.69. The van der Waals surface area contributed by atoms with E-state index in [1.54, 1.807) is 19.1 Å². The van der Waals surface area contributed by atoms with Gasteiger partial charge in [0.25, 0.3) is 0 Å². The van der Waals surface area contributed by atoms with Crippen molar-refractivity contribution in [3.63, 3.8) is 0 Å². The van der Waals surface area contributed by atoms with Crippen LogP contribution in [0, 0.1) is 0 Å². The summed E-state index contributed by atoms with van der Waals surface area (Å²) < 4.78 is 0. The van der Waals surface area contributed by atoms with Crippen LogP contribution in [0.3, 0.4) is 0 Å². The van der Waals surface area contributed by atoms with Gasteiger partial charge < -0.3 is 5.73 Å². The molecule has 1 amide bonds. The molecule has 0 bridgehead atoms. The van der Waals surface area contributed by atoms with Crippen molar-refractivity contribution in [1.82, 2.24) is 0 Å². The Balaban J connectivity index is 4.60. The highest BCUT2D eigenvalue weighted by atomic mass is 16.1. The molecule has 0 heterocycles. The molecule has 0 atom stereocenters. The first-order valence-corrected chi connectivity index (χ1v) is 3.38. The molecule has 11 heavy (non-hydrogen) atoms. The number of amides is 1. The fourth-order valence-corrected chi connectivity index (χ4v) is 0.627. The van der Waals surface area contributed by atoms with Crippen molar-refractivity contribution in [1.29, 1.82) is 0 Å². The Morgan fingerprint density at radius 1 is 1.55 bits per heavy atom. The van der Waals surface area contributed by atoms with Crippen LogP contribution in [0.5, 0.6) is 0 Å². The van der Waals surface area contributed by atoms with Gasteiger partial charge in [0.2, 0.25) is 5.91 Å². The predicted octanol–water partition coefficient (Wildman–Crippen LogP) is 1.55. The fourth-order valence-electron chi connectivity index (χ4n) is 0.627. The quantitative estimate of drug-likeness (QED) is 0.482. The predicted molar refractivity (Wildman–Crippen MR) is 46.9 cm³/mol. The van der Waals surface area contributed by atoms with Crippen molar-refractivity contribution in [2.24, 2.45) is 5.73 Å². The van der Waals surface area contributed by atoms with Crippen molar-refractivity contribution >= 4 is 5.91 Å². The summed E-state index contributed by atoms with van der Waals surface area (Å²) in [6.45, 7) is 7.25. The number of primary amides is 1. The third-order valence-electron chi connectivity index (χ3n) is 1.18. The zero-order valence-electron chi connectivity index (χ0n) is 6.92. The summed E-state index contributed by atoms with van der Waals surface area (Å²) in [5.41, 5.74) is 6.24. The van der Waals surface area contributed by atoms with Gasteiger partial charge in [-0.05, 0) is 25.5 Å². The van der Waals surface area contributed by atoms with Crippen LogP contribution in [0.25, 0.3) is 0 Å². The molecule has 0 saturated carbocycles. The molecular weight excluding hydrogens is 138 g/mol. The average molecular weight is 151 g/mol. The lowest BCUT2D eigenvalue weighted by atomic mass is 10.1. The van der Waals surface area contributed by atoms with E-state index < -0.39 is 5.91 Å². The second-order valence-electron chi connectivity index (χ2n) is 2.25. The van der Waals surface area contributed by atoms with Gasteiger partial charge in [-0.3, -0.25) is 4.79 Å². The Kier molecular flexibility index (Phi) is 3.96. The molecule has 0 spiro atoms. The van der Waals surface area contributed by atoms with E-state index in [1.807, 2.05) is 13.0 Å². The molecule has 2 N–H and O–H groups in total. The van der Waals surface area contributed by atoms with Gasteiger partial charge in [-0.1, -0.05) is 18.7 Å². The van der Waals surface area contributed by atoms with Crippen LogP contribution in [0.1, 0.15) is 13.8 Å². The summed E-state index contributed by atoms with van der Waals surface area (Å²) in [4.78, 5) is 10.7. The Bertz CT molecular complexity index is 208. The normalized spacial score (nSPS) is 12.0. The molecule has 0 unspecified atom stereocenters. The maximum absolute atomic E-state index is 10.7. The van der Waals surface area contributed by atoms with E-state index in [2.05, 4.69) is 6.58 Å². The molecule has 0 aromatic rings. The van der Waals surface area contributed by atoms with E-state index in [-0.39, 0.29) is 0 Å². The Hall–Kier alpha value is -1.31. The van der Waals surface area contributed by atoms with Crippen molar-refractivity contribution in [3.8, 4) is 0 Å². The molecular formula is C9H13NO. The van der Waals surface area contributed by atoms with E-state index in [0.717, 1.165) is 0 Å². The van der Waals surface area contributed by atoms with Crippen LogP contribution in [0.15, 0.2) is 36.0 Å². The molecule has 0 aromatic carbocycles. The summed E-state index contributed by atoms with van der Waals surface area (Å²) in [7, 11) is 0. The molecule has 0 aliphatic heterocycles. The highest BCUT2D eigenvalue weighted by Crippen LogP contribution is 2.05. The molecule has 2 nitrogen and oxygen atoms in total.